The molecule has 3 N–H and O–H groups in total. The number of hydrogen-bond donors (Lipinski definition) is 2. The smallest absolute Gasteiger partial charge is 0.250 e. The first-order valence-corrected chi connectivity index (χ1v) is 9.27. The van der Waals surface area contributed by atoms with Crippen molar-refractivity contribution in [3.05, 3.63) is 53.6 Å². The topological polar surface area (TPSA) is 75.0 Å². The Bertz CT molecular complexity index is 921. The number of H-pyrrole nitrogens is 1. The molecule has 1 saturated heterocycles. The third-order valence-corrected chi connectivity index (χ3v) is 5.47. The lowest BCUT2D eigenvalue weighted by Gasteiger charge is -2.31. The lowest BCUT2D eigenvalue weighted by atomic mass is 9.89. The number of para-hydroxylation sites is 1. The number of carbonyl (C=O) groups is 1. The van der Waals surface area contributed by atoms with E-state index in [1.165, 1.54) is 31.5 Å². The molecule has 134 valence electrons. The molecule has 1 aliphatic heterocycles. The van der Waals surface area contributed by atoms with E-state index in [4.69, 9.17) is 5.73 Å². The van der Waals surface area contributed by atoms with Crippen LogP contribution in [0.3, 0.4) is 0 Å². The maximum absolute atomic E-state index is 11.6. The van der Waals surface area contributed by atoms with Crippen LogP contribution in [0.2, 0.25) is 0 Å². The molecular weight excluding hydrogens is 324 g/mol. The molecule has 0 aliphatic carbocycles. The Balaban J connectivity index is 1.58. The molecule has 3 aromatic rings. The summed E-state index contributed by atoms with van der Waals surface area (Å²) < 4.78 is 0. The van der Waals surface area contributed by atoms with Gasteiger partial charge in [-0.3, -0.25) is 4.79 Å². The molecule has 5 heteroatoms. The van der Waals surface area contributed by atoms with E-state index in [9.17, 15) is 4.79 Å². The molecule has 1 aliphatic rings. The molecule has 1 aromatic heterocycles. The summed E-state index contributed by atoms with van der Waals surface area (Å²) in [6.07, 6.45) is 2.44. The first-order chi connectivity index (χ1) is 12.7. The highest BCUT2D eigenvalue weighted by Crippen LogP contribution is 2.30. The minimum atomic E-state index is -0.456. The van der Waals surface area contributed by atoms with Gasteiger partial charge in [0.2, 0.25) is 0 Å². The minimum Gasteiger partial charge on any atom is -0.366 e. The van der Waals surface area contributed by atoms with Crippen LogP contribution in [0.4, 0.5) is 0 Å². The zero-order valence-electron chi connectivity index (χ0n) is 15.0. The Hall–Kier alpha value is -2.66. The van der Waals surface area contributed by atoms with Gasteiger partial charge in [0.05, 0.1) is 11.1 Å². The average Bonchev–Trinajstić information content (AvgIpc) is 3.12. The Morgan fingerprint density at radius 2 is 1.92 bits per heavy atom. The molecule has 0 atom stereocenters. The molecule has 1 fully saturated rings. The van der Waals surface area contributed by atoms with Gasteiger partial charge in [0.25, 0.3) is 5.91 Å². The summed E-state index contributed by atoms with van der Waals surface area (Å²) in [6, 6.07) is 14.1. The van der Waals surface area contributed by atoms with Crippen LogP contribution in [0.15, 0.2) is 42.5 Å². The third kappa shape index (κ3) is 3.10. The zero-order chi connectivity index (χ0) is 18.1. The van der Waals surface area contributed by atoms with Crippen LogP contribution in [0.5, 0.6) is 0 Å². The second-order valence-electron chi connectivity index (χ2n) is 6.98. The highest BCUT2D eigenvalue weighted by Gasteiger charge is 2.19. The van der Waals surface area contributed by atoms with Crippen LogP contribution in [0, 0.1) is 0 Å². The Labute approximate surface area is 153 Å². The Kier molecular flexibility index (Phi) is 4.47. The molecule has 0 unspecified atom stereocenters. The number of amides is 1. The van der Waals surface area contributed by atoms with Gasteiger partial charge in [-0.2, -0.15) is 0 Å². The summed E-state index contributed by atoms with van der Waals surface area (Å²) in [5.41, 5.74) is 9.78. The van der Waals surface area contributed by atoms with E-state index in [0.717, 1.165) is 23.4 Å². The molecule has 1 amide bonds. The molecule has 0 bridgehead atoms. The van der Waals surface area contributed by atoms with Crippen molar-refractivity contribution in [2.75, 3.05) is 19.6 Å². The van der Waals surface area contributed by atoms with Gasteiger partial charge in [-0.25, -0.2) is 4.98 Å². The van der Waals surface area contributed by atoms with Crippen LogP contribution in [-0.4, -0.2) is 40.4 Å². The monoisotopic (exact) mass is 348 g/mol. The Morgan fingerprint density at radius 1 is 1.19 bits per heavy atom. The van der Waals surface area contributed by atoms with E-state index in [2.05, 4.69) is 46.1 Å². The van der Waals surface area contributed by atoms with Gasteiger partial charge in [-0.1, -0.05) is 37.3 Å². The number of nitrogens with one attached hydrogen (secondary N) is 1. The van der Waals surface area contributed by atoms with Crippen LogP contribution in [0.25, 0.3) is 22.4 Å². The van der Waals surface area contributed by atoms with Crippen molar-refractivity contribution in [2.45, 2.75) is 25.7 Å². The molecule has 2 aromatic carbocycles. The quantitative estimate of drug-likeness (QED) is 0.757. The number of piperidine rings is 1. The number of likely N-dealkylation sites (tertiary alicyclic amines) is 1. The van der Waals surface area contributed by atoms with Gasteiger partial charge < -0.3 is 15.6 Å². The van der Waals surface area contributed by atoms with Crippen LogP contribution < -0.4 is 5.73 Å². The number of aromatic nitrogens is 2. The fourth-order valence-corrected chi connectivity index (χ4v) is 3.86. The number of imidazole rings is 1. The molecule has 0 saturated carbocycles. The predicted molar refractivity (Wildman–Crippen MR) is 104 cm³/mol. The number of aromatic amines is 1. The molecule has 5 nitrogen and oxygen atoms in total. The van der Waals surface area contributed by atoms with E-state index in [0.29, 0.717) is 17.0 Å². The van der Waals surface area contributed by atoms with Gasteiger partial charge in [0.15, 0.2) is 0 Å². The first-order valence-electron chi connectivity index (χ1n) is 9.27. The second-order valence-corrected chi connectivity index (χ2v) is 6.98. The first kappa shape index (κ1) is 16.8. The normalized spacial score (nSPS) is 16.2. The summed E-state index contributed by atoms with van der Waals surface area (Å²) in [5.74, 6) is 0.951. The number of fused-ring (bicyclic) bond motifs is 1. The van der Waals surface area contributed by atoms with E-state index in [1.807, 2.05) is 12.1 Å². The summed E-state index contributed by atoms with van der Waals surface area (Å²) in [4.78, 5) is 22.0. The van der Waals surface area contributed by atoms with E-state index in [-0.39, 0.29) is 0 Å². The molecule has 0 radical (unpaired) electrons. The second kappa shape index (κ2) is 6.92. The summed E-state index contributed by atoms with van der Waals surface area (Å²) >= 11 is 0. The molecule has 26 heavy (non-hydrogen) atoms. The number of primary amides is 1. The van der Waals surface area contributed by atoms with Crippen LogP contribution >= 0.6 is 0 Å². The fraction of sp³-hybridized carbons (Fsp3) is 0.333. The summed E-state index contributed by atoms with van der Waals surface area (Å²) in [7, 11) is 0. The van der Waals surface area contributed by atoms with Crippen molar-refractivity contribution in [2.24, 2.45) is 5.73 Å². The fourth-order valence-electron chi connectivity index (χ4n) is 3.86. The maximum atomic E-state index is 11.6. The number of carbonyl (C=O) groups excluding carboxylic acids is 1. The van der Waals surface area contributed by atoms with Gasteiger partial charge in [0.1, 0.15) is 11.3 Å². The standard InChI is InChI=1S/C21H24N4O/c1-2-25-12-10-15(11-13-25)14-6-8-16(9-7-14)21-23-18-5-3-4-17(20(22)26)19(18)24-21/h3-9,15H,2,10-13H2,1H3,(H2,22,26)(H,23,24). The minimum absolute atomic E-state index is 0.448. The van der Waals surface area contributed by atoms with Crippen LogP contribution in [0.1, 0.15) is 41.6 Å². The van der Waals surface area contributed by atoms with Crippen molar-refractivity contribution in [1.29, 1.82) is 0 Å². The molecular formula is C21H24N4O. The van der Waals surface area contributed by atoms with Crippen molar-refractivity contribution >= 4 is 16.9 Å². The van der Waals surface area contributed by atoms with E-state index in [1.54, 1.807) is 6.07 Å². The molecule has 2 heterocycles. The van der Waals surface area contributed by atoms with Gasteiger partial charge >= 0.3 is 0 Å². The molecule has 4 rings (SSSR count). The predicted octanol–water partition coefficient (Wildman–Crippen LogP) is 3.53. The number of nitrogens with zero attached hydrogens (tertiary/aromatic N) is 2. The van der Waals surface area contributed by atoms with Crippen LogP contribution in [-0.2, 0) is 0 Å². The van der Waals surface area contributed by atoms with E-state index < -0.39 is 5.91 Å². The SMILES string of the molecule is CCN1CCC(c2ccc(-c3nc4c(C(N)=O)cccc4[nH]3)cc2)CC1. The highest BCUT2D eigenvalue weighted by atomic mass is 16.1. The number of nitrogens with two attached hydrogens (primary N) is 1. The summed E-state index contributed by atoms with van der Waals surface area (Å²) in [6.45, 7) is 5.74. The lowest BCUT2D eigenvalue weighted by Crippen LogP contribution is -2.32. The number of rotatable bonds is 4. The highest BCUT2D eigenvalue weighted by molar-refractivity contribution is 6.04. The molecule has 0 spiro atoms. The van der Waals surface area contributed by atoms with Crippen molar-refractivity contribution in [3.63, 3.8) is 0 Å². The zero-order valence-corrected chi connectivity index (χ0v) is 15.0. The van der Waals surface area contributed by atoms with Gasteiger partial charge in [0, 0.05) is 5.56 Å². The Morgan fingerprint density at radius 3 is 2.58 bits per heavy atom. The maximum Gasteiger partial charge on any atom is 0.250 e. The lowest BCUT2D eigenvalue weighted by molar-refractivity contribution is 0.100. The third-order valence-electron chi connectivity index (χ3n) is 5.47. The van der Waals surface area contributed by atoms with Crippen molar-refractivity contribution in [3.8, 4) is 11.4 Å². The summed E-state index contributed by atoms with van der Waals surface area (Å²) in [5, 5.41) is 0. The van der Waals surface area contributed by atoms with E-state index >= 15 is 0 Å². The average molecular weight is 348 g/mol. The number of benzene rings is 2. The number of hydrogen-bond acceptors (Lipinski definition) is 3. The van der Waals surface area contributed by atoms with Gasteiger partial charge in [-0.05, 0) is 56.1 Å². The van der Waals surface area contributed by atoms with Crippen molar-refractivity contribution in [1.82, 2.24) is 14.9 Å². The largest absolute Gasteiger partial charge is 0.366 e. The van der Waals surface area contributed by atoms with Crippen molar-refractivity contribution < 1.29 is 4.79 Å². The van der Waals surface area contributed by atoms with Gasteiger partial charge in [-0.15, -0.1) is 0 Å².